The Kier molecular flexibility index (Phi) is 5.63. The number of thioether (sulfide) groups is 1. The molecule has 1 aromatic carbocycles. The Balaban J connectivity index is 1.34. The third-order valence-corrected chi connectivity index (χ3v) is 7.76. The molecule has 2 fully saturated rings. The molecular weight excluding hydrogens is 406 g/mol. The van der Waals surface area contributed by atoms with Crippen molar-refractivity contribution in [2.24, 2.45) is 5.92 Å². The van der Waals surface area contributed by atoms with E-state index in [1.807, 2.05) is 29.2 Å². The van der Waals surface area contributed by atoms with Gasteiger partial charge in [-0.3, -0.25) is 4.79 Å². The number of piperidine rings is 1. The second kappa shape index (κ2) is 8.52. The Morgan fingerprint density at radius 3 is 2.66 bits per heavy atom. The first-order chi connectivity index (χ1) is 14.3. The van der Waals surface area contributed by atoms with Gasteiger partial charge in [-0.1, -0.05) is 24.3 Å². The first-order valence-corrected chi connectivity index (χ1v) is 11.9. The van der Waals surface area contributed by atoms with E-state index in [0.29, 0.717) is 38.0 Å². The number of furan rings is 1. The third-order valence-electron chi connectivity index (χ3n) is 5.61. The van der Waals surface area contributed by atoms with Crippen LogP contribution in [0.15, 0.2) is 50.4 Å². The number of carbonyl (C=O) groups excluding carboxylic acids is 1. The van der Waals surface area contributed by atoms with Crippen molar-refractivity contribution in [2.75, 3.05) is 26.3 Å². The van der Waals surface area contributed by atoms with Gasteiger partial charge in [0.2, 0.25) is 0 Å². The molecule has 2 aromatic heterocycles. The Bertz CT molecular complexity index is 970. The van der Waals surface area contributed by atoms with E-state index in [9.17, 15) is 4.79 Å². The van der Waals surface area contributed by atoms with E-state index in [2.05, 4.69) is 17.5 Å². The Morgan fingerprint density at radius 1 is 1.10 bits per heavy atom. The van der Waals surface area contributed by atoms with Crippen molar-refractivity contribution in [3.63, 3.8) is 0 Å². The van der Waals surface area contributed by atoms with Crippen LogP contribution in [-0.4, -0.2) is 43.4 Å². The SMILES string of the molecule is O=C(c1oc2ccccc2c1CSc1cccs1)N1CCC(C2OCCO2)CC1. The lowest BCUT2D eigenvalue weighted by Crippen LogP contribution is -2.41. The van der Waals surface area contributed by atoms with Gasteiger partial charge in [-0.2, -0.15) is 0 Å². The molecule has 5 nitrogen and oxygen atoms in total. The Labute approximate surface area is 178 Å². The minimum atomic E-state index is -0.101. The van der Waals surface area contributed by atoms with Crippen molar-refractivity contribution in [3.05, 3.63) is 53.1 Å². The molecule has 1 amide bonds. The van der Waals surface area contributed by atoms with Crippen LogP contribution in [0.25, 0.3) is 11.0 Å². The number of rotatable bonds is 5. The maximum Gasteiger partial charge on any atom is 0.289 e. The highest BCUT2D eigenvalue weighted by Gasteiger charge is 2.33. The summed E-state index contributed by atoms with van der Waals surface area (Å²) in [5, 5.41) is 3.10. The second-order valence-corrected chi connectivity index (χ2v) is 9.59. The summed E-state index contributed by atoms with van der Waals surface area (Å²) >= 11 is 3.47. The summed E-state index contributed by atoms with van der Waals surface area (Å²) in [6.45, 7) is 2.77. The van der Waals surface area contributed by atoms with Gasteiger partial charge in [-0.05, 0) is 30.4 Å². The zero-order chi connectivity index (χ0) is 19.6. The molecule has 4 heterocycles. The van der Waals surface area contributed by atoms with Crippen LogP contribution in [0, 0.1) is 5.92 Å². The summed E-state index contributed by atoms with van der Waals surface area (Å²) in [6, 6.07) is 12.1. The minimum absolute atomic E-state index is 0.00492. The van der Waals surface area contributed by atoms with Crippen LogP contribution >= 0.6 is 23.1 Å². The van der Waals surface area contributed by atoms with Crippen LogP contribution < -0.4 is 0 Å². The summed E-state index contributed by atoms with van der Waals surface area (Å²) < 4.78 is 18.6. The minimum Gasteiger partial charge on any atom is -0.451 e. The first kappa shape index (κ1) is 19.2. The van der Waals surface area contributed by atoms with Crippen molar-refractivity contribution in [1.29, 1.82) is 0 Å². The summed E-state index contributed by atoms with van der Waals surface area (Å²) in [6.07, 6.45) is 1.70. The van der Waals surface area contributed by atoms with E-state index in [0.717, 1.165) is 35.1 Å². The van der Waals surface area contributed by atoms with Gasteiger partial charge in [0.1, 0.15) is 5.58 Å². The zero-order valence-corrected chi connectivity index (χ0v) is 17.7. The summed E-state index contributed by atoms with van der Waals surface area (Å²) in [5.41, 5.74) is 1.77. The number of hydrogen-bond donors (Lipinski definition) is 0. The number of ether oxygens (including phenoxy) is 2. The molecule has 29 heavy (non-hydrogen) atoms. The highest BCUT2D eigenvalue weighted by atomic mass is 32.2. The van der Waals surface area contributed by atoms with Crippen LogP contribution in [0.1, 0.15) is 29.0 Å². The molecular formula is C22H23NO4S2. The largest absolute Gasteiger partial charge is 0.451 e. The predicted octanol–water partition coefficient (Wildman–Crippen LogP) is 5.01. The van der Waals surface area contributed by atoms with Gasteiger partial charge in [0.05, 0.1) is 17.4 Å². The van der Waals surface area contributed by atoms with Gasteiger partial charge in [0.25, 0.3) is 5.91 Å². The van der Waals surface area contributed by atoms with E-state index in [4.69, 9.17) is 13.9 Å². The number of fused-ring (bicyclic) bond motifs is 1. The standard InChI is InChI=1S/C22H23NO4S2/c24-21(23-9-7-15(8-10-23)22-25-11-12-26-22)20-17(14-29-19-6-3-13-28-19)16-4-1-2-5-18(16)27-20/h1-6,13,15,22H,7-12,14H2. The highest BCUT2D eigenvalue weighted by Crippen LogP contribution is 2.35. The maximum absolute atomic E-state index is 13.3. The average Bonchev–Trinajstić information content (AvgIpc) is 3.53. The summed E-state index contributed by atoms with van der Waals surface area (Å²) in [7, 11) is 0. The number of benzene rings is 1. The molecule has 0 unspecified atom stereocenters. The normalized spacial score (nSPS) is 18.7. The zero-order valence-electron chi connectivity index (χ0n) is 16.0. The molecule has 2 aliphatic heterocycles. The lowest BCUT2D eigenvalue weighted by Gasteiger charge is -2.33. The Hall–Kier alpha value is -1.80. The van der Waals surface area contributed by atoms with Crippen molar-refractivity contribution in [3.8, 4) is 0 Å². The van der Waals surface area contributed by atoms with Crippen molar-refractivity contribution in [1.82, 2.24) is 4.90 Å². The van der Waals surface area contributed by atoms with Crippen molar-refractivity contribution >= 4 is 40.0 Å². The lowest BCUT2D eigenvalue weighted by molar-refractivity contribution is -0.0956. The van der Waals surface area contributed by atoms with Crippen LogP contribution in [0.5, 0.6) is 0 Å². The van der Waals surface area contributed by atoms with Gasteiger partial charge in [-0.25, -0.2) is 0 Å². The number of amides is 1. The Morgan fingerprint density at radius 2 is 1.90 bits per heavy atom. The number of likely N-dealkylation sites (tertiary alicyclic amines) is 1. The fraction of sp³-hybridized carbons (Fsp3) is 0.409. The van der Waals surface area contributed by atoms with Gasteiger partial charge < -0.3 is 18.8 Å². The van der Waals surface area contributed by atoms with E-state index < -0.39 is 0 Å². The fourth-order valence-corrected chi connectivity index (χ4v) is 5.88. The molecule has 0 atom stereocenters. The van der Waals surface area contributed by atoms with E-state index in [1.165, 1.54) is 4.21 Å². The fourth-order valence-electron chi connectivity index (χ4n) is 4.07. The molecule has 7 heteroatoms. The van der Waals surface area contributed by atoms with E-state index >= 15 is 0 Å². The molecule has 0 bridgehead atoms. The van der Waals surface area contributed by atoms with Gasteiger partial charge in [0.15, 0.2) is 12.1 Å². The molecule has 0 aliphatic carbocycles. The molecule has 0 saturated carbocycles. The second-order valence-electron chi connectivity index (χ2n) is 7.37. The monoisotopic (exact) mass is 429 g/mol. The number of carbonyl (C=O) groups is 1. The van der Waals surface area contributed by atoms with Crippen molar-refractivity contribution < 1.29 is 18.7 Å². The lowest BCUT2D eigenvalue weighted by atomic mass is 9.96. The van der Waals surface area contributed by atoms with Crippen LogP contribution in [0.4, 0.5) is 0 Å². The third kappa shape index (κ3) is 3.97. The van der Waals surface area contributed by atoms with E-state index in [-0.39, 0.29) is 12.2 Å². The van der Waals surface area contributed by atoms with Gasteiger partial charge >= 0.3 is 0 Å². The van der Waals surface area contributed by atoms with Crippen LogP contribution in [0.3, 0.4) is 0 Å². The molecule has 152 valence electrons. The van der Waals surface area contributed by atoms with Gasteiger partial charge in [0, 0.05) is 35.7 Å². The smallest absolute Gasteiger partial charge is 0.289 e. The molecule has 3 aromatic rings. The van der Waals surface area contributed by atoms with Crippen LogP contribution in [0.2, 0.25) is 0 Å². The summed E-state index contributed by atoms with van der Waals surface area (Å²) in [4.78, 5) is 15.3. The molecule has 0 radical (unpaired) electrons. The molecule has 2 saturated heterocycles. The molecule has 0 spiro atoms. The maximum atomic E-state index is 13.3. The topological polar surface area (TPSA) is 51.9 Å². The van der Waals surface area contributed by atoms with Crippen LogP contribution in [-0.2, 0) is 15.2 Å². The first-order valence-electron chi connectivity index (χ1n) is 9.99. The number of hydrogen-bond acceptors (Lipinski definition) is 6. The summed E-state index contributed by atoms with van der Waals surface area (Å²) in [5.74, 6) is 1.57. The van der Waals surface area contributed by atoms with E-state index in [1.54, 1.807) is 23.1 Å². The van der Waals surface area contributed by atoms with Gasteiger partial charge in [-0.15, -0.1) is 23.1 Å². The molecule has 2 aliphatic rings. The predicted molar refractivity (Wildman–Crippen MR) is 114 cm³/mol. The molecule has 5 rings (SSSR count). The average molecular weight is 430 g/mol. The van der Waals surface area contributed by atoms with Crippen molar-refractivity contribution in [2.45, 2.75) is 29.1 Å². The number of thiophene rings is 1. The quantitative estimate of drug-likeness (QED) is 0.534. The molecule has 0 N–H and O–H groups in total. The highest BCUT2D eigenvalue weighted by molar-refractivity contribution is 8.00. The number of nitrogens with zero attached hydrogens (tertiary/aromatic N) is 1. The number of para-hydroxylation sites is 1.